The Labute approximate surface area is 203 Å². The van der Waals surface area contributed by atoms with Crippen molar-refractivity contribution in [2.45, 2.75) is 6.92 Å². The van der Waals surface area contributed by atoms with Gasteiger partial charge in [0.05, 0.1) is 13.7 Å². The molecule has 2 aromatic carbocycles. The van der Waals surface area contributed by atoms with E-state index in [9.17, 15) is 14.7 Å². The number of amides is 1. The third kappa shape index (κ3) is 5.58. The van der Waals surface area contributed by atoms with Crippen molar-refractivity contribution in [3.8, 4) is 11.5 Å². The lowest BCUT2D eigenvalue weighted by Crippen LogP contribution is -2.47. The van der Waals surface area contributed by atoms with Crippen molar-refractivity contribution in [1.82, 2.24) is 19.8 Å². The Hall–Kier alpha value is -3.98. The molecule has 35 heavy (non-hydrogen) atoms. The van der Waals surface area contributed by atoms with Gasteiger partial charge in [-0.15, -0.1) is 0 Å². The molecule has 0 radical (unpaired) electrons. The predicted octanol–water partition coefficient (Wildman–Crippen LogP) is 3.61. The zero-order chi connectivity index (χ0) is 24.9. The van der Waals surface area contributed by atoms with Crippen LogP contribution in [0.3, 0.4) is 0 Å². The van der Waals surface area contributed by atoms with Crippen molar-refractivity contribution in [3.05, 3.63) is 59.9 Å². The Bertz CT molecular complexity index is 1330. The topological polar surface area (TPSA) is 111 Å². The average molecular weight is 479 g/mol. The third-order valence-corrected chi connectivity index (χ3v) is 5.95. The lowest BCUT2D eigenvalue weighted by molar-refractivity contribution is 0.0520. The van der Waals surface area contributed by atoms with Crippen LogP contribution >= 0.6 is 0 Å². The molecule has 3 N–H and O–H groups in total. The van der Waals surface area contributed by atoms with Crippen LogP contribution in [0, 0.1) is 0 Å². The summed E-state index contributed by atoms with van der Waals surface area (Å²) in [7, 11) is 3.67. The number of nitrogens with zero attached hydrogens (tertiary/aromatic N) is 2. The van der Waals surface area contributed by atoms with Crippen LogP contribution in [0.5, 0.6) is 11.5 Å². The molecule has 0 spiro atoms. The van der Waals surface area contributed by atoms with E-state index in [-0.39, 0.29) is 17.6 Å². The Morgan fingerprint density at radius 2 is 1.54 bits per heavy atom. The van der Waals surface area contributed by atoms with Crippen molar-refractivity contribution >= 4 is 33.7 Å². The smallest absolute Gasteiger partial charge is 0.354 e. The first kappa shape index (κ1) is 24.2. The minimum Gasteiger partial charge on any atom is -0.508 e. The van der Waals surface area contributed by atoms with E-state index in [0.29, 0.717) is 18.0 Å². The normalized spacial score (nSPS) is 14.0. The van der Waals surface area contributed by atoms with Gasteiger partial charge in [-0.1, -0.05) is 0 Å². The van der Waals surface area contributed by atoms with Gasteiger partial charge in [0.25, 0.3) is 5.91 Å². The molecular formula is C26H30N4O5. The molecule has 1 aliphatic rings. The van der Waals surface area contributed by atoms with Gasteiger partial charge in [0.2, 0.25) is 0 Å². The largest absolute Gasteiger partial charge is 0.508 e. The second-order valence-corrected chi connectivity index (χ2v) is 8.41. The lowest BCUT2D eigenvalue weighted by Gasteiger charge is -2.32. The first-order chi connectivity index (χ1) is 16.9. The first-order valence-corrected chi connectivity index (χ1v) is 11.5. The lowest BCUT2D eigenvalue weighted by atomic mass is 10.2. The maximum atomic E-state index is 12.4. The molecule has 3 heterocycles. The van der Waals surface area contributed by atoms with Crippen LogP contribution in [-0.2, 0) is 4.74 Å². The van der Waals surface area contributed by atoms with E-state index < -0.39 is 0 Å². The highest BCUT2D eigenvalue weighted by atomic mass is 16.5. The fourth-order valence-corrected chi connectivity index (χ4v) is 3.96. The van der Waals surface area contributed by atoms with E-state index in [1.165, 1.54) is 0 Å². The van der Waals surface area contributed by atoms with Crippen molar-refractivity contribution < 1.29 is 24.2 Å². The molecule has 1 amide bonds. The molecule has 1 aliphatic heterocycles. The standard InChI is InChI=1S/C14H17N3O2.C12H13NO3/c1-16-4-6-17(7-5-16)14(19)13-8-10-2-3-11(18)9-12(10)15-13;1-3-16-12(14)11-6-8-4-5-9(15-2)7-10(8)13-11/h2-3,8-9,15,18H,4-7H2,1H3;4-7,13H,3H2,1-2H3. The van der Waals surface area contributed by atoms with E-state index in [1.807, 2.05) is 35.2 Å². The summed E-state index contributed by atoms with van der Waals surface area (Å²) in [6.07, 6.45) is 0. The van der Waals surface area contributed by atoms with Crippen LogP contribution in [-0.4, -0.2) is 83.7 Å². The number of hydrogen-bond acceptors (Lipinski definition) is 6. The number of phenols is 1. The van der Waals surface area contributed by atoms with Gasteiger partial charge in [0.15, 0.2) is 0 Å². The molecule has 4 aromatic rings. The summed E-state index contributed by atoms with van der Waals surface area (Å²) in [6, 6.07) is 14.3. The number of nitrogens with one attached hydrogen (secondary N) is 2. The number of rotatable bonds is 4. The van der Waals surface area contributed by atoms with Gasteiger partial charge < -0.3 is 34.3 Å². The molecule has 184 valence electrons. The molecule has 0 saturated carbocycles. The summed E-state index contributed by atoms with van der Waals surface area (Å²) in [4.78, 5) is 34.0. The van der Waals surface area contributed by atoms with E-state index >= 15 is 0 Å². The summed E-state index contributed by atoms with van der Waals surface area (Å²) in [5.41, 5.74) is 2.70. The van der Waals surface area contributed by atoms with E-state index in [4.69, 9.17) is 9.47 Å². The summed E-state index contributed by atoms with van der Waals surface area (Å²) >= 11 is 0. The molecule has 0 atom stereocenters. The molecule has 1 saturated heterocycles. The number of piperazine rings is 1. The molecule has 9 heteroatoms. The average Bonchev–Trinajstić information content (AvgIpc) is 3.48. The minimum absolute atomic E-state index is 0.0313. The first-order valence-electron chi connectivity index (χ1n) is 11.5. The molecule has 9 nitrogen and oxygen atoms in total. The number of benzene rings is 2. The monoisotopic (exact) mass is 478 g/mol. The molecule has 2 aromatic heterocycles. The van der Waals surface area contributed by atoms with E-state index in [0.717, 1.165) is 53.7 Å². The van der Waals surface area contributed by atoms with Crippen LogP contribution < -0.4 is 4.74 Å². The Morgan fingerprint density at radius 3 is 2.23 bits per heavy atom. The van der Waals surface area contributed by atoms with Crippen LogP contribution in [0.1, 0.15) is 27.9 Å². The highest BCUT2D eigenvalue weighted by Gasteiger charge is 2.21. The summed E-state index contributed by atoms with van der Waals surface area (Å²) < 4.78 is 10.0. The Balaban J connectivity index is 0.000000168. The fraction of sp³-hybridized carbons (Fsp3) is 0.308. The Morgan fingerprint density at radius 1 is 0.914 bits per heavy atom. The van der Waals surface area contributed by atoms with Crippen LogP contribution in [0.4, 0.5) is 0 Å². The summed E-state index contributed by atoms with van der Waals surface area (Å²) in [6.45, 7) is 5.49. The predicted molar refractivity (Wildman–Crippen MR) is 134 cm³/mol. The number of aromatic hydroxyl groups is 1. The molecule has 5 rings (SSSR count). The number of methoxy groups -OCH3 is 1. The van der Waals surface area contributed by atoms with Gasteiger partial charge >= 0.3 is 5.97 Å². The van der Waals surface area contributed by atoms with Gasteiger partial charge in [-0.3, -0.25) is 4.79 Å². The highest BCUT2D eigenvalue weighted by Crippen LogP contribution is 2.22. The van der Waals surface area contributed by atoms with Crippen LogP contribution in [0.2, 0.25) is 0 Å². The number of fused-ring (bicyclic) bond motifs is 2. The van der Waals surface area contributed by atoms with Crippen molar-refractivity contribution in [3.63, 3.8) is 0 Å². The third-order valence-electron chi connectivity index (χ3n) is 5.95. The zero-order valence-corrected chi connectivity index (χ0v) is 20.1. The highest BCUT2D eigenvalue weighted by molar-refractivity contribution is 5.98. The van der Waals surface area contributed by atoms with E-state index in [2.05, 4.69) is 21.9 Å². The fourth-order valence-electron chi connectivity index (χ4n) is 3.96. The number of ether oxygens (including phenoxy) is 2. The second-order valence-electron chi connectivity index (χ2n) is 8.41. The number of carbonyl (C=O) groups excluding carboxylic acids is 2. The van der Waals surface area contributed by atoms with Gasteiger partial charge in [-0.25, -0.2) is 4.79 Å². The number of H-pyrrole nitrogens is 2. The maximum Gasteiger partial charge on any atom is 0.354 e. The molecule has 0 bridgehead atoms. The van der Waals surface area contributed by atoms with Gasteiger partial charge in [-0.2, -0.15) is 0 Å². The number of phenolic OH excluding ortho intramolecular Hbond substituents is 1. The number of aromatic amines is 2. The van der Waals surface area contributed by atoms with Gasteiger partial charge in [0, 0.05) is 60.1 Å². The zero-order valence-electron chi connectivity index (χ0n) is 20.1. The van der Waals surface area contributed by atoms with Crippen LogP contribution in [0.25, 0.3) is 21.8 Å². The molecule has 1 fully saturated rings. The van der Waals surface area contributed by atoms with Gasteiger partial charge in [-0.05, 0) is 50.4 Å². The minimum atomic E-state index is -0.335. The van der Waals surface area contributed by atoms with Crippen LogP contribution in [0.15, 0.2) is 48.5 Å². The number of aromatic nitrogens is 2. The Kier molecular flexibility index (Phi) is 7.26. The maximum absolute atomic E-state index is 12.4. The SMILES string of the molecule is CCOC(=O)c1cc2ccc(OC)cc2[nH]1.CN1CCN(C(=O)c2cc3ccc(O)cc3[nH]2)CC1. The van der Waals surface area contributed by atoms with Crippen molar-refractivity contribution in [2.75, 3.05) is 46.9 Å². The number of likely N-dealkylation sites (N-methyl/N-ethyl adjacent to an activating group) is 1. The molecule has 0 aliphatic carbocycles. The summed E-state index contributed by atoms with van der Waals surface area (Å²) in [5, 5.41) is 11.3. The number of esters is 1. The van der Waals surface area contributed by atoms with Crippen molar-refractivity contribution in [1.29, 1.82) is 0 Å². The quantitative estimate of drug-likeness (QED) is 0.387. The summed E-state index contributed by atoms with van der Waals surface area (Å²) in [5.74, 6) is 0.652. The van der Waals surface area contributed by atoms with E-state index in [1.54, 1.807) is 32.2 Å². The van der Waals surface area contributed by atoms with Gasteiger partial charge in [0.1, 0.15) is 22.9 Å². The number of hydrogen-bond donors (Lipinski definition) is 3. The molecule has 0 unspecified atom stereocenters. The molecular weight excluding hydrogens is 448 g/mol. The second kappa shape index (κ2) is 10.5. The number of carbonyl (C=O) groups is 2. The van der Waals surface area contributed by atoms with Crippen molar-refractivity contribution in [2.24, 2.45) is 0 Å².